The van der Waals surface area contributed by atoms with Crippen LogP contribution in [0.1, 0.15) is 34.8 Å². The molecule has 0 spiro atoms. The van der Waals surface area contributed by atoms with E-state index in [0.717, 1.165) is 44.1 Å². The van der Waals surface area contributed by atoms with E-state index in [2.05, 4.69) is 10.1 Å². The molecule has 1 aliphatic heterocycles. The van der Waals surface area contributed by atoms with E-state index in [1.165, 1.54) is 0 Å². The molecule has 23 heavy (non-hydrogen) atoms. The Kier molecular flexibility index (Phi) is 4.32. The van der Waals surface area contributed by atoms with Crippen molar-refractivity contribution >= 4 is 11.6 Å². The number of carbonyl (C=O) groups excluding carboxylic acids is 1. The van der Waals surface area contributed by atoms with Crippen LogP contribution in [-0.2, 0) is 6.54 Å². The second kappa shape index (κ2) is 6.40. The number of para-hydroxylation sites is 1. The summed E-state index contributed by atoms with van der Waals surface area (Å²) in [7, 11) is 0. The van der Waals surface area contributed by atoms with Crippen molar-refractivity contribution in [3.8, 4) is 0 Å². The number of nitrogens with zero attached hydrogens (tertiary/aromatic N) is 4. The van der Waals surface area contributed by atoms with Crippen molar-refractivity contribution in [1.29, 1.82) is 0 Å². The number of carbonyl (C=O) groups is 1. The summed E-state index contributed by atoms with van der Waals surface area (Å²) >= 11 is 0. The molecule has 1 atom stereocenters. The van der Waals surface area contributed by atoms with Crippen LogP contribution in [0.3, 0.4) is 0 Å². The Hall–Kier alpha value is -2.37. The van der Waals surface area contributed by atoms with Crippen LogP contribution < -0.4 is 5.73 Å². The van der Waals surface area contributed by atoms with Crippen LogP contribution in [0.4, 0.5) is 5.69 Å². The van der Waals surface area contributed by atoms with Gasteiger partial charge in [0.2, 0.25) is 0 Å². The Labute approximate surface area is 136 Å². The van der Waals surface area contributed by atoms with E-state index in [1.54, 1.807) is 12.1 Å². The van der Waals surface area contributed by atoms with Gasteiger partial charge in [-0.15, -0.1) is 0 Å². The van der Waals surface area contributed by atoms with Crippen molar-refractivity contribution in [2.45, 2.75) is 33.2 Å². The number of rotatable bonds is 3. The van der Waals surface area contributed by atoms with Crippen LogP contribution in [-0.4, -0.2) is 38.7 Å². The molecular weight excluding hydrogens is 290 g/mol. The van der Waals surface area contributed by atoms with Crippen molar-refractivity contribution in [2.24, 2.45) is 5.92 Å². The van der Waals surface area contributed by atoms with Gasteiger partial charge in [0.15, 0.2) is 0 Å². The zero-order chi connectivity index (χ0) is 16.4. The smallest absolute Gasteiger partial charge is 0.255 e. The highest BCUT2D eigenvalue weighted by Crippen LogP contribution is 2.22. The highest BCUT2D eigenvalue weighted by Gasteiger charge is 2.26. The van der Waals surface area contributed by atoms with Crippen molar-refractivity contribution < 1.29 is 4.79 Å². The lowest BCUT2D eigenvalue weighted by atomic mass is 9.97. The Balaban J connectivity index is 1.70. The molecule has 2 aromatic rings. The molecule has 6 heteroatoms. The van der Waals surface area contributed by atoms with Crippen LogP contribution in [0, 0.1) is 19.8 Å². The van der Waals surface area contributed by atoms with E-state index in [0.29, 0.717) is 17.2 Å². The molecule has 1 aliphatic rings. The van der Waals surface area contributed by atoms with E-state index in [1.807, 2.05) is 35.6 Å². The molecule has 1 aromatic carbocycles. The number of nitrogen functional groups attached to an aromatic ring is 1. The van der Waals surface area contributed by atoms with Gasteiger partial charge in [-0.3, -0.25) is 4.79 Å². The van der Waals surface area contributed by atoms with Crippen molar-refractivity contribution in [3.63, 3.8) is 0 Å². The standard InChI is InChI=1S/C17H23N5O/c1-12-19-13(2)22(20-12)11-14-6-5-9-21(10-14)17(23)15-7-3-4-8-16(15)18/h3-4,7-8,14H,5-6,9-11,18H2,1-2H3. The number of piperidine rings is 1. The van der Waals surface area contributed by atoms with Gasteiger partial charge in [0.25, 0.3) is 5.91 Å². The van der Waals surface area contributed by atoms with Crippen molar-refractivity contribution in [1.82, 2.24) is 19.7 Å². The highest BCUT2D eigenvalue weighted by atomic mass is 16.2. The number of likely N-dealkylation sites (tertiary alicyclic amines) is 1. The molecule has 1 fully saturated rings. The number of amides is 1. The number of hydrogen-bond acceptors (Lipinski definition) is 4. The molecule has 1 amide bonds. The zero-order valence-electron chi connectivity index (χ0n) is 13.7. The first-order valence-corrected chi connectivity index (χ1v) is 8.06. The Morgan fingerprint density at radius 1 is 1.35 bits per heavy atom. The van der Waals surface area contributed by atoms with Crippen molar-refractivity contribution in [3.05, 3.63) is 41.5 Å². The predicted octanol–water partition coefficient (Wildman–Crippen LogP) is 2.03. The highest BCUT2D eigenvalue weighted by molar-refractivity contribution is 5.99. The SMILES string of the molecule is Cc1nc(C)n(CC2CCCN(C(=O)c3ccccc3N)C2)n1. The van der Waals surface area contributed by atoms with Gasteiger partial charge in [0, 0.05) is 25.3 Å². The molecule has 6 nitrogen and oxygen atoms in total. The summed E-state index contributed by atoms with van der Waals surface area (Å²) in [5.74, 6) is 2.15. The van der Waals surface area contributed by atoms with E-state index < -0.39 is 0 Å². The number of aromatic nitrogens is 3. The summed E-state index contributed by atoms with van der Waals surface area (Å²) in [6.07, 6.45) is 2.11. The molecule has 0 radical (unpaired) electrons. The molecule has 1 saturated heterocycles. The molecule has 0 bridgehead atoms. The van der Waals surface area contributed by atoms with E-state index in [-0.39, 0.29) is 5.91 Å². The molecule has 0 aliphatic carbocycles. The number of aryl methyl sites for hydroxylation is 2. The molecule has 0 saturated carbocycles. The van der Waals surface area contributed by atoms with Gasteiger partial charge in [-0.1, -0.05) is 12.1 Å². The fourth-order valence-corrected chi connectivity index (χ4v) is 3.24. The lowest BCUT2D eigenvalue weighted by molar-refractivity contribution is 0.0660. The summed E-state index contributed by atoms with van der Waals surface area (Å²) in [4.78, 5) is 19.0. The van der Waals surface area contributed by atoms with Crippen LogP contribution in [0.25, 0.3) is 0 Å². The van der Waals surface area contributed by atoms with Gasteiger partial charge >= 0.3 is 0 Å². The van der Waals surface area contributed by atoms with Crippen LogP contribution in [0.15, 0.2) is 24.3 Å². The lowest BCUT2D eigenvalue weighted by Crippen LogP contribution is -2.41. The maximum atomic E-state index is 12.7. The van der Waals surface area contributed by atoms with Gasteiger partial charge in [-0.25, -0.2) is 9.67 Å². The minimum absolute atomic E-state index is 0.0271. The summed E-state index contributed by atoms with van der Waals surface area (Å²) in [6.45, 7) is 6.21. The largest absolute Gasteiger partial charge is 0.398 e. The summed E-state index contributed by atoms with van der Waals surface area (Å²) in [6, 6.07) is 7.27. The molecule has 1 aromatic heterocycles. The fraction of sp³-hybridized carbons (Fsp3) is 0.471. The number of hydrogen-bond donors (Lipinski definition) is 1. The first-order valence-electron chi connectivity index (χ1n) is 8.06. The third-order valence-electron chi connectivity index (χ3n) is 4.39. The van der Waals surface area contributed by atoms with E-state index >= 15 is 0 Å². The molecule has 2 heterocycles. The molecular formula is C17H23N5O. The van der Waals surface area contributed by atoms with Gasteiger partial charge in [0.05, 0.1) is 5.56 Å². The first-order chi connectivity index (χ1) is 11.0. The van der Waals surface area contributed by atoms with E-state index in [9.17, 15) is 4.79 Å². The third kappa shape index (κ3) is 3.36. The fourth-order valence-electron chi connectivity index (χ4n) is 3.24. The summed E-state index contributed by atoms with van der Waals surface area (Å²) < 4.78 is 1.95. The zero-order valence-corrected chi connectivity index (χ0v) is 13.7. The normalized spacial score (nSPS) is 18.2. The molecule has 2 N–H and O–H groups in total. The predicted molar refractivity (Wildman–Crippen MR) is 89.0 cm³/mol. The number of benzene rings is 1. The third-order valence-corrected chi connectivity index (χ3v) is 4.39. The quantitative estimate of drug-likeness (QED) is 0.880. The van der Waals surface area contributed by atoms with Gasteiger partial charge in [-0.2, -0.15) is 5.10 Å². The lowest BCUT2D eigenvalue weighted by Gasteiger charge is -2.33. The summed E-state index contributed by atoms with van der Waals surface area (Å²) in [5.41, 5.74) is 7.08. The minimum atomic E-state index is 0.0271. The first kappa shape index (κ1) is 15.5. The average Bonchev–Trinajstić information content (AvgIpc) is 2.85. The van der Waals surface area contributed by atoms with Crippen LogP contribution >= 0.6 is 0 Å². The van der Waals surface area contributed by atoms with Gasteiger partial charge in [-0.05, 0) is 44.7 Å². The van der Waals surface area contributed by atoms with Crippen LogP contribution in [0.5, 0.6) is 0 Å². The monoisotopic (exact) mass is 313 g/mol. The molecule has 122 valence electrons. The number of nitrogens with two attached hydrogens (primary N) is 1. The maximum Gasteiger partial charge on any atom is 0.255 e. The van der Waals surface area contributed by atoms with Crippen molar-refractivity contribution in [2.75, 3.05) is 18.8 Å². The molecule has 1 unspecified atom stereocenters. The van der Waals surface area contributed by atoms with Gasteiger partial charge in [0.1, 0.15) is 11.6 Å². The van der Waals surface area contributed by atoms with Crippen LogP contribution in [0.2, 0.25) is 0 Å². The molecule has 3 rings (SSSR count). The second-order valence-corrected chi connectivity index (χ2v) is 6.24. The average molecular weight is 313 g/mol. The summed E-state index contributed by atoms with van der Waals surface area (Å²) in [5, 5.41) is 4.43. The maximum absolute atomic E-state index is 12.7. The minimum Gasteiger partial charge on any atom is -0.398 e. The van der Waals surface area contributed by atoms with E-state index in [4.69, 9.17) is 5.73 Å². The second-order valence-electron chi connectivity index (χ2n) is 6.24. The number of anilines is 1. The van der Waals surface area contributed by atoms with Gasteiger partial charge < -0.3 is 10.6 Å². The topological polar surface area (TPSA) is 77.0 Å². The Morgan fingerprint density at radius 3 is 2.83 bits per heavy atom. The Morgan fingerprint density at radius 2 is 2.13 bits per heavy atom. The Bertz CT molecular complexity index is 709.